The number of carboxylic acids is 1. The van der Waals surface area contributed by atoms with Gasteiger partial charge in [0.15, 0.2) is 0 Å². The predicted octanol–water partition coefficient (Wildman–Crippen LogP) is 0.949. The molecule has 2 unspecified atom stereocenters. The number of carbonyl (C=O) groups is 2. The summed E-state index contributed by atoms with van der Waals surface area (Å²) >= 11 is 0. The van der Waals surface area contributed by atoms with Gasteiger partial charge in [-0.05, 0) is 25.2 Å². The molecular weight excluding hydrogens is 196 g/mol. The van der Waals surface area contributed by atoms with E-state index < -0.39 is 5.97 Å². The first-order chi connectivity index (χ1) is 7.09. The Kier molecular flexibility index (Phi) is 4.39. The molecule has 0 heterocycles. The molecule has 1 aliphatic rings. The normalized spacial score (nSPS) is 23.3. The van der Waals surface area contributed by atoms with Crippen molar-refractivity contribution in [2.45, 2.75) is 38.6 Å². The van der Waals surface area contributed by atoms with Crippen molar-refractivity contribution in [3.05, 3.63) is 0 Å². The quantitative estimate of drug-likeness (QED) is 0.576. The minimum atomic E-state index is -0.786. The standard InChI is InChI=1S/C10H18N2O3/c1-7-6-8(7)12-10(15)11-5-3-2-4-9(13)14/h7-8H,2-6H2,1H3,(H,13,14)(H2,11,12,15). The molecule has 15 heavy (non-hydrogen) atoms. The van der Waals surface area contributed by atoms with Gasteiger partial charge in [0.2, 0.25) is 0 Å². The van der Waals surface area contributed by atoms with Crippen molar-refractivity contribution in [2.75, 3.05) is 6.54 Å². The number of carboxylic acid groups (broad SMARTS) is 1. The summed E-state index contributed by atoms with van der Waals surface area (Å²) in [6, 6.07) is 0.198. The van der Waals surface area contributed by atoms with Crippen LogP contribution in [-0.2, 0) is 4.79 Å². The minimum Gasteiger partial charge on any atom is -0.481 e. The molecule has 0 bridgehead atoms. The van der Waals surface area contributed by atoms with Crippen molar-refractivity contribution in [3.8, 4) is 0 Å². The summed E-state index contributed by atoms with van der Waals surface area (Å²) in [5, 5.41) is 13.9. The molecule has 0 aromatic carbocycles. The highest BCUT2D eigenvalue weighted by Gasteiger charge is 2.33. The van der Waals surface area contributed by atoms with Crippen LogP contribution < -0.4 is 10.6 Å². The average Bonchev–Trinajstić information content (AvgIpc) is 2.80. The Labute approximate surface area is 89.2 Å². The van der Waals surface area contributed by atoms with E-state index in [1.165, 1.54) is 0 Å². The van der Waals surface area contributed by atoms with Gasteiger partial charge >= 0.3 is 12.0 Å². The molecule has 0 aromatic rings. The van der Waals surface area contributed by atoms with Gasteiger partial charge in [0.1, 0.15) is 0 Å². The highest BCUT2D eigenvalue weighted by atomic mass is 16.4. The van der Waals surface area contributed by atoms with Crippen molar-refractivity contribution in [1.82, 2.24) is 10.6 Å². The van der Waals surface area contributed by atoms with Gasteiger partial charge in [-0.3, -0.25) is 4.79 Å². The van der Waals surface area contributed by atoms with Crippen LogP contribution in [0.3, 0.4) is 0 Å². The lowest BCUT2D eigenvalue weighted by atomic mass is 10.2. The maximum absolute atomic E-state index is 11.2. The number of unbranched alkanes of at least 4 members (excludes halogenated alkanes) is 1. The van der Waals surface area contributed by atoms with E-state index in [2.05, 4.69) is 17.6 Å². The zero-order chi connectivity index (χ0) is 11.3. The number of urea groups is 1. The summed E-state index contributed by atoms with van der Waals surface area (Å²) in [4.78, 5) is 21.4. The lowest BCUT2D eigenvalue weighted by Gasteiger charge is -2.05. The van der Waals surface area contributed by atoms with E-state index in [0.29, 0.717) is 31.3 Å². The van der Waals surface area contributed by atoms with Crippen LogP contribution >= 0.6 is 0 Å². The zero-order valence-corrected chi connectivity index (χ0v) is 8.95. The molecule has 2 amide bonds. The molecule has 5 nitrogen and oxygen atoms in total. The van der Waals surface area contributed by atoms with E-state index in [9.17, 15) is 9.59 Å². The third-order valence-electron chi connectivity index (χ3n) is 2.53. The molecule has 1 rings (SSSR count). The summed E-state index contributed by atoms with van der Waals surface area (Å²) in [6.07, 6.45) is 2.55. The van der Waals surface area contributed by atoms with Gasteiger partial charge in [0.05, 0.1) is 0 Å². The van der Waals surface area contributed by atoms with Crippen LogP contribution in [-0.4, -0.2) is 29.7 Å². The summed E-state index contributed by atoms with van der Waals surface area (Å²) in [6.45, 7) is 2.64. The minimum absolute atomic E-state index is 0.139. The summed E-state index contributed by atoms with van der Waals surface area (Å²) in [5.41, 5.74) is 0. The van der Waals surface area contributed by atoms with Crippen molar-refractivity contribution in [2.24, 2.45) is 5.92 Å². The van der Waals surface area contributed by atoms with Crippen molar-refractivity contribution in [1.29, 1.82) is 0 Å². The molecule has 1 fully saturated rings. The third-order valence-corrected chi connectivity index (χ3v) is 2.53. The van der Waals surface area contributed by atoms with Crippen LogP contribution in [0.2, 0.25) is 0 Å². The fourth-order valence-corrected chi connectivity index (χ4v) is 1.35. The van der Waals surface area contributed by atoms with E-state index in [-0.39, 0.29) is 12.5 Å². The Morgan fingerprint density at radius 1 is 1.40 bits per heavy atom. The topological polar surface area (TPSA) is 78.4 Å². The Balaban J connectivity index is 1.90. The zero-order valence-electron chi connectivity index (χ0n) is 8.95. The second kappa shape index (κ2) is 5.58. The van der Waals surface area contributed by atoms with Gasteiger partial charge < -0.3 is 15.7 Å². The first-order valence-corrected chi connectivity index (χ1v) is 5.35. The molecule has 1 saturated carbocycles. The number of nitrogens with one attached hydrogen (secondary N) is 2. The molecule has 0 aromatic heterocycles. The highest BCUT2D eigenvalue weighted by Crippen LogP contribution is 2.28. The second-order valence-electron chi connectivity index (χ2n) is 4.07. The molecular formula is C10H18N2O3. The van der Waals surface area contributed by atoms with Crippen LogP contribution in [0.1, 0.15) is 32.6 Å². The molecule has 0 aliphatic heterocycles. The Bertz CT molecular complexity index is 243. The molecule has 0 saturated heterocycles. The smallest absolute Gasteiger partial charge is 0.315 e. The van der Waals surface area contributed by atoms with Gasteiger partial charge in [0, 0.05) is 19.0 Å². The lowest BCUT2D eigenvalue weighted by molar-refractivity contribution is -0.137. The molecule has 0 radical (unpaired) electrons. The van der Waals surface area contributed by atoms with Crippen LogP contribution in [0, 0.1) is 5.92 Å². The highest BCUT2D eigenvalue weighted by molar-refractivity contribution is 5.74. The maximum atomic E-state index is 11.2. The van der Waals surface area contributed by atoms with Crippen LogP contribution in [0.5, 0.6) is 0 Å². The molecule has 0 spiro atoms. The number of hydrogen-bond donors (Lipinski definition) is 3. The molecule has 86 valence electrons. The number of rotatable bonds is 6. The number of aliphatic carboxylic acids is 1. The monoisotopic (exact) mass is 214 g/mol. The SMILES string of the molecule is CC1CC1NC(=O)NCCCCC(=O)O. The molecule has 5 heteroatoms. The number of carbonyl (C=O) groups excluding carboxylic acids is 1. The summed E-state index contributed by atoms with van der Waals surface area (Å²) in [5.74, 6) is -0.186. The van der Waals surface area contributed by atoms with Gasteiger partial charge in [0.25, 0.3) is 0 Å². The maximum Gasteiger partial charge on any atom is 0.315 e. The van der Waals surface area contributed by atoms with E-state index in [0.717, 1.165) is 6.42 Å². The van der Waals surface area contributed by atoms with Crippen molar-refractivity contribution < 1.29 is 14.7 Å². The van der Waals surface area contributed by atoms with Crippen LogP contribution in [0.15, 0.2) is 0 Å². The largest absolute Gasteiger partial charge is 0.481 e. The fraction of sp³-hybridized carbons (Fsp3) is 0.800. The van der Waals surface area contributed by atoms with Crippen LogP contribution in [0.25, 0.3) is 0 Å². The summed E-state index contributed by atoms with van der Waals surface area (Å²) in [7, 11) is 0. The third kappa shape index (κ3) is 5.24. The fourth-order valence-electron chi connectivity index (χ4n) is 1.35. The number of amides is 2. The molecule has 1 aliphatic carbocycles. The lowest BCUT2D eigenvalue weighted by Crippen LogP contribution is -2.37. The first-order valence-electron chi connectivity index (χ1n) is 5.35. The van der Waals surface area contributed by atoms with E-state index in [1.54, 1.807) is 0 Å². The second-order valence-corrected chi connectivity index (χ2v) is 4.07. The van der Waals surface area contributed by atoms with Gasteiger partial charge in [-0.2, -0.15) is 0 Å². The number of hydrogen-bond acceptors (Lipinski definition) is 2. The Morgan fingerprint density at radius 2 is 2.07 bits per heavy atom. The first kappa shape index (κ1) is 11.8. The van der Waals surface area contributed by atoms with Crippen LogP contribution in [0.4, 0.5) is 4.79 Å². The average molecular weight is 214 g/mol. The van der Waals surface area contributed by atoms with Gasteiger partial charge in [-0.25, -0.2) is 4.79 Å². The van der Waals surface area contributed by atoms with Crippen molar-refractivity contribution >= 4 is 12.0 Å². The Hall–Kier alpha value is -1.26. The van der Waals surface area contributed by atoms with E-state index in [4.69, 9.17) is 5.11 Å². The molecule has 2 atom stereocenters. The summed E-state index contributed by atoms with van der Waals surface area (Å²) < 4.78 is 0. The predicted molar refractivity (Wildman–Crippen MR) is 55.6 cm³/mol. The van der Waals surface area contributed by atoms with Gasteiger partial charge in [-0.15, -0.1) is 0 Å². The van der Waals surface area contributed by atoms with E-state index in [1.807, 2.05) is 0 Å². The molecule has 3 N–H and O–H groups in total. The van der Waals surface area contributed by atoms with Gasteiger partial charge in [-0.1, -0.05) is 6.92 Å². The van der Waals surface area contributed by atoms with E-state index >= 15 is 0 Å². The van der Waals surface area contributed by atoms with Crippen molar-refractivity contribution in [3.63, 3.8) is 0 Å². The Morgan fingerprint density at radius 3 is 2.60 bits per heavy atom.